The zero-order valence-electron chi connectivity index (χ0n) is 12.1. The lowest BCUT2D eigenvalue weighted by Crippen LogP contribution is -2.17. The highest BCUT2D eigenvalue weighted by Crippen LogP contribution is 2.33. The number of nitro benzene ring substituents is 1. The quantitative estimate of drug-likeness (QED) is 0.498. The summed E-state index contributed by atoms with van der Waals surface area (Å²) >= 11 is 0. The standard InChI is InChI=1S/C15H13N3O5/c1-23-13-8-12(18(21)22)7-11(14(13)19)9-16-17-15(20)10-5-3-2-4-6-10/h2-9,19H,1H3,(H,17,20). The number of ether oxygens (including phenoxy) is 1. The van der Waals surface area contributed by atoms with Gasteiger partial charge in [0.05, 0.1) is 24.3 Å². The van der Waals surface area contributed by atoms with Crippen LogP contribution in [0.3, 0.4) is 0 Å². The van der Waals surface area contributed by atoms with Crippen molar-refractivity contribution in [2.24, 2.45) is 5.10 Å². The minimum Gasteiger partial charge on any atom is -0.504 e. The van der Waals surface area contributed by atoms with Gasteiger partial charge in [-0.15, -0.1) is 0 Å². The van der Waals surface area contributed by atoms with E-state index in [-0.39, 0.29) is 22.7 Å². The summed E-state index contributed by atoms with van der Waals surface area (Å²) in [6.07, 6.45) is 1.10. The molecular weight excluding hydrogens is 302 g/mol. The van der Waals surface area contributed by atoms with Crippen molar-refractivity contribution in [2.75, 3.05) is 7.11 Å². The molecule has 23 heavy (non-hydrogen) atoms. The van der Waals surface area contributed by atoms with Gasteiger partial charge in [0, 0.05) is 17.2 Å². The van der Waals surface area contributed by atoms with E-state index in [0.717, 1.165) is 18.3 Å². The zero-order valence-corrected chi connectivity index (χ0v) is 12.1. The van der Waals surface area contributed by atoms with Gasteiger partial charge < -0.3 is 9.84 Å². The predicted octanol–water partition coefficient (Wildman–Crippen LogP) is 2.07. The number of phenols is 1. The Bertz CT molecular complexity index is 759. The van der Waals surface area contributed by atoms with Crippen LogP contribution in [0.2, 0.25) is 0 Å². The van der Waals surface area contributed by atoms with Crippen molar-refractivity contribution >= 4 is 17.8 Å². The van der Waals surface area contributed by atoms with E-state index in [1.807, 2.05) is 0 Å². The van der Waals surface area contributed by atoms with E-state index >= 15 is 0 Å². The largest absolute Gasteiger partial charge is 0.504 e. The molecule has 118 valence electrons. The number of carbonyl (C=O) groups is 1. The normalized spacial score (nSPS) is 10.5. The Labute approximate surface area is 131 Å². The first kappa shape index (κ1) is 16.0. The SMILES string of the molecule is COc1cc([N+](=O)[O-])cc(C=NNC(=O)c2ccccc2)c1O. The third kappa shape index (κ3) is 3.82. The highest BCUT2D eigenvalue weighted by molar-refractivity contribution is 5.95. The summed E-state index contributed by atoms with van der Waals surface area (Å²) in [4.78, 5) is 22.0. The molecule has 0 saturated heterocycles. The smallest absolute Gasteiger partial charge is 0.274 e. The van der Waals surface area contributed by atoms with Crippen LogP contribution >= 0.6 is 0 Å². The van der Waals surface area contributed by atoms with E-state index in [9.17, 15) is 20.0 Å². The van der Waals surface area contributed by atoms with Gasteiger partial charge in [0.25, 0.3) is 11.6 Å². The number of nitrogens with zero attached hydrogens (tertiary/aromatic N) is 2. The molecule has 0 heterocycles. The monoisotopic (exact) mass is 315 g/mol. The molecule has 2 N–H and O–H groups in total. The molecule has 0 bridgehead atoms. The molecular formula is C15H13N3O5. The third-order valence-corrected chi connectivity index (χ3v) is 2.93. The molecule has 2 aromatic carbocycles. The van der Waals surface area contributed by atoms with Gasteiger partial charge in [-0.3, -0.25) is 14.9 Å². The number of nitrogens with one attached hydrogen (secondary N) is 1. The Morgan fingerprint density at radius 2 is 2.04 bits per heavy atom. The Hall–Kier alpha value is -3.42. The van der Waals surface area contributed by atoms with E-state index in [1.54, 1.807) is 30.3 Å². The molecule has 0 aliphatic rings. The average molecular weight is 315 g/mol. The van der Waals surface area contributed by atoms with Crippen LogP contribution in [0.5, 0.6) is 11.5 Å². The molecule has 1 amide bonds. The fourth-order valence-corrected chi connectivity index (χ4v) is 1.79. The van der Waals surface area contributed by atoms with Crippen LogP contribution < -0.4 is 10.2 Å². The van der Waals surface area contributed by atoms with Crippen LogP contribution in [0.25, 0.3) is 0 Å². The van der Waals surface area contributed by atoms with Gasteiger partial charge in [0.2, 0.25) is 0 Å². The van der Waals surface area contributed by atoms with Gasteiger partial charge in [-0.2, -0.15) is 5.10 Å². The van der Waals surface area contributed by atoms with Gasteiger partial charge in [-0.05, 0) is 12.1 Å². The highest BCUT2D eigenvalue weighted by Gasteiger charge is 2.15. The molecule has 0 atom stereocenters. The summed E-state index contributed by atoms with van der Waals surface area (Å²) in [6, 6.07) is 10.6. The first-order valence-electron chi connectivity index (χ1n) is 6.46. The summed E-state index contributed by atoms with van der Waals surface area (Å²) in [5.41, 5.74) is 2.46. The van der Waals surface area contributed by atoms with Crippen molar-refractivity contribution in [3.63, 3.8) is 0 Å². The maximum atomic E-state index is 11.8. The molecule has 0 aliphatic carbocycles. The Morgan fingerprint density at radius 1 is 1.35 bits per heavy atom. The first-order valence-corrected chi connectivity index (χ1v) is 6.46. The van der Waals surface area contributed by atoms with Crippen molar-refractivity contribution in [1.82, 2.24) is 5.43 Å². The van der Waals surface area contributed by atoms with Crippen LogP contribution in [0.1, 0.15) is 15.9 Å². The third-order valence-electron chi connectivity index (χ3n) is 2.93. The molecule has 8 nitrogen and oxygen atoms in total. The maximum Gasteiger partial charge on any atom is 0.274 e. The summed E-state index contributed by atoms with van der Waals surface area (Å²) in [7, 11) is 1.27. The summed E-state index contributed by atoms with van der Waals surface area (Å²) in [6.45, 7) is 0. The fraction of sp³-hybridized carbons (Fsp3) is 0.0667. The minimum absolute atomic E-state index is 0.0458. The molecule has 2 aromatic rings. The van der Waals surface area contributed by atoms with Crippen molar-refractivity contribution < 1.29 is 19.6 Å². The number of non-ortho nitro benzene ring substituents is 1. The van der Waals surface area contributed by atoms with Crippen LogP contribution in [0.4, 0.5) is 5.69 Å². The molecule has 0 aliphatic heterocycles. The molecule has 0 radical (unpaired) electrons. The summed E-state index contributed by atoms with van der Waals surface area (Å²) in [5, 5.41) is 24.5. The lowest BCUT2D eigenvalue weighted by Gasteiger charge is -2.06. The van der Waals surface area contributed by atoms with Crippen LogP contribution in [0, 0.1) is 10.1 Å². The number of rotatable bonds is 5. The van der Waals surface area contributed by atoms with Crippen molar-refractivity contribution in [3.8, 4) is 11.5 Å². The first-order chi connectivity index (χ1) is 11.0. The molecule has 0 aromatic heterocycles. The van der Waals surface area contributed by atoms with E-state index in [4.69, 9.17) is 4.74 Å². The molecule has 8 heteroatoms. The van der Waals surface area contributed by atoms with Gasteiger partial charge >= 0.3 is 0 Å². The number of methoxy groups -OCH3 is 1. The minimum atomic E-state index is -0.623. The van der Waals surface area contributed by atoms with Crippen molar-refractivity contribution in [2.45, 2.75) is 0 Å². The van der Waals surface area contributed by atoms with Gasteiger partial charge in [0.1, 0.15) is 0 Å². The number of hydrazone groups is 1. The average Bonchev–Trinajstić information content (AvgIpc) is 2.56. The van der Waals surface area contributed by atoms with Gasteiger partial charge in [0.15, 0.2) is 11.5 Å². The van der Waals surface area contributed by atoms with E-state index in [1.165, 1.54) is 7.11 Å². The number of hydrogen-bond donors (Lipinski definition) is 2. The molecule has 0 fully saturated rings. The van der Waals surface area contributed by atoms with Crippen LogP contribution in [-0.2, 0) is 0 Å². The second-order valence-electron chi connectivity index (χ2n) is 4.41. The Kier molecular flexibility index (Phi) is 4.88. The molecule has 0 saturated carbocycles. The number of amides is 1. The van der Waals surface area contributed by atoms with Crippen LogP contribution in [0.15, 0.2) is 47.6 Å². The molecule has 2 rings (SSSR count). The van der Waals surface area contributed by atoms with Crippen LogP contribution in [-0.4, -0.2) is 29.3 Å². The van der Waals surface area contributed by atoms with E-state index < -0.39 is 10.8 Å². The lowest BCUT2D eigenvalue weighted by molar-refractivity contribution is -0.385. The second kappa shape index (κ2) is 7.03. The van der Waals surface area contributed by atoms with E-state index in [2.05, 4.69) is 10.5 Å². The molecule has 0 unspecified atom stereocenters. The topological polar surface area (TPSA) is 114 Å². The van der Waals surface area contributed by atoms with Crippen molar-refractivity contribution in [1.29, 1.82) is 0 Å². The predicted molar refractivity (Wildman–Crippen MR) is 82.8 cm³/mol. The maximum absolute atomic E-state index is 11.8. The number of carbonyl (C=O) groups excluding carboxylic acids is 1. The number of hydrogen-bond acceptors (Lipinski definition) is 6. The summed E-state index contributed by atoms with van der Waals surface area (Å²) in [5.74, 6) is -0.815. The number of nitro groups is 1. The van der Waals surface area contributed by atoms with Gasteiger partial charge in [-0.1, -0.05) is 18.2 Å². The Morgan fingerprint density at radius 3 is 2.65 bits per heavy atom. The number of phenolic OH excluding ortho intramolecular Hbond substituents is 1. The highest BCUT2D eigenvalue weighted by atomic mass is 16.6. The van der Waals surface area contributed by atoms with Gasteiger partial charge in [-0.25, -0.2) is 5.43 Å². The zero-order chi connectivity index (χ0) is 16.8. The lowest BCUT2D eigenvalue weighted by atomic mass is 10.2. The second-order valence-corrected chi connectivity index (χ2v) is 4.41. The molecule has 0 spiro atoms. The van der Waals surface area contributed by atoms with E-state index in [0.29, 0.717) is 5.56 Å². The Balaban J connectivity index is 2.20. The number of benzene rings is 2. The van der Waals surface area contributed by atoms with Crippen molar-refractivity contribution in [3.05, 3.63) is 63.7 Å². The summed E-state index contributed by atoms with van der Waals surface area (Å²) < 4.78 is 4.87. The number of aromatic hydroxyl groups is 1. The fourth-order valence-electron chi connectivity index (χ4n) is 1.79.